The lowest BCUT2D eigenvalue weighted by molar-refractivity contribution is 0.0688. The monoisotopic (exact) mass is 296 g/mol. The first-order valence-electron chi connectivity index (χ1n) is 3.33. The van der Waals surface area contributed by atoms with Gasteiger partial charge in [0.15, 0.2) is 5.82 Å². The van der Waals surface area contributed by atoms with Crippen LogP contribution >= 0.6 is 22.6 Å². The molecule has 0 unspecified atom stereocenters. The Morgan fingerprint density at radius 2 is 2.23 bits per heavy atom. The second kappa shape index (κ2) is 3.91. The fourth-order valence-corrected chi connectivity index (χ4v) is 1.35. The zero-order valence-electron chi connectivity index (χ0n) is 6.67. The van der Waals surface area contributed by atoms with E-state index in [1.165, 1.54) is 19.2 Å². The number of hydrogen-bond donors (Lipinski definition) is 1. The first-order valence-corrected chi connectivity index (χ1v) is 4.41. The highest BCUT2D eigenvalue weighted by Gasteiger charge is 2.18. The van der Waals surface area contributed by atoms with E-state index in [0.29, 0.717) is 0 Å². The van der Waals surface area contributed by atoms with Gasteiger partial charge in [0, 0.05) is 3.57 Å². The number of carboxylic acids is 1. The normalized spacial score (nSPS) is 9.77. The largest absolute Gasteiger partial charge is 0.496 e. The predicted molar refractivity (Wildman–Crippen MR) is 52.6 cm³/mol. The summed E-state index contributed by atoms with van der Waals surface area (Å²) in [6.45, 7) is 0. The number of benzene rings is 1. The van der Waals surface area contributed by atoms with Gasteiger partial charge >= 0.3 is 5.97 Å². The fourth-order valence-electron chi connectivity index (χ4n) is 0.902. The minimum Gasteiger partial charge on any atom is -0.496 e. The molecule has 0 aliphatic rings. The lowest BCUT2D eigenvalue weighted by Crippen LogP contribution is -2.05. The predicted octanol–water partition coefficient (Wildman–Crippen LogP) is 2.14. The minimum absolute atomic E-state index is 0.0328. The summed E-state index contributed by atoms with van der Waals surface area (Å²) in [6.07, 6.45) is 0. The number of halogens is 2. The highest BCUT2D eigenvalue weighted by molar-refractivity contribution is 14.1. The number of rotatable bonds is 2. The van der Waals surface area contributed by atoms with Gasteiger partial charge in [0.2, 0.25) is 0 Å². The molecular weight excluding hydrogens is 290 g/mol. The van der Waals surface area contributed by atoms with E-state index in [1.54, 1.807) is 22.6 Å². The first-order chi connectivity index (χ1) is 6.07. The standard InChI is InChI=1S/C8H6FIO3/c1-13-5-3-2-4(10)7(9)6(5)8(11)12/h2-3H,1H3,(H,11,12). The van der Waals surface area contributed by atoms with Crippen molar-refractivity contribution in [3.05, 3.63) is 27.1 Å². The maximum atomic E-state index is 13.2. The molecule has 0 radical (unpaired) electrons. The van der Waals surface area contributed by atoms with E-state index >= 15 is 0 Å². The van der Waals surface area contributed by atoms with Gasteiger partial charge in [-0.3, -0.25) is 0 Å². The van der Waals surface area contributed by atoms with Crippen LogP contribution in [0.15, 0.2) is 12.1 Å². The third-order valence-corrected chi connectivity index (χ3v) is 2.32. The van der Waals surface area contributed by atoms with E-state index in [9.17, 15) is 9.18 Å². The van der Waals surface area contributed by atoms with E-state index in [0.717, 1.165) is 0 Å². The summed E-state index contributed by atoms with van der Waals surface area (Å²) in [6, 6.07) is 2.88. The molecule has 0 atom stereocenters. The summed E-state index contributed by atoms with van der Waals surface area (Å²) < 4.78 is 18.2. The van der Waals surface area contributed by atoms with Crippen molar-refractivity contribution in [2.75, 3.05) is 7.11 Å². The number of ether oxygens (including phenoxy) is 1. The van der Waals surface area contributed by atoms with Crippen LogP contribution in [0.1, 0.15) is 10.4 Å². The summed E-state index contributed by atoms with van der Waals surface area (Å²) in [5.74, 6) is -2.05. The molecule has 0 fully saturated rings. The van der Waals surface area contributed by atoms with Crippen molar-refractivity contribution in [3.63, 3.8) is 0 Å². The molecule has 1 aromatic carbocycles. The molecule has 0 aliphatic carbocycles. The third-order valence-electron chi connectivity index (χ3n) is 1.49. The van der Waals surface area contributed by atoms with Crippen LogP contribution in [-0.4, -0.2) is 18.2 Å². The summed E-state index contributed by atoms with van der Waals surface area (Å²) >= 11 is 1.72. The molecular formula is C8H6FIO3. The van der Waals surface area contributed by atoms with Gasteiger partial charge < -0.3 is 9.84 Å². The maximum absolute atomic E-state index is 13.2. The van der Waals surface area contributed by atoms with Crippen molar-refractivity contribution < 1.29 is 19.0 Å². The van der Waals surface area contributed by atoms with Crippen LogP contribution in [0.3, 0.4) is 0 Å². The average molecular weight is 296 g/mol. The third kappa shape index (κ3) is 1.90. The van der Waals surface area contributed by atoms with Crippen molar-refractivity contribution in [1.29, 1.82) is 0 Å². The summed E-state index contributed by atoms with van der Waals surface area (Å²) in [5.41, 5.74) is -0.422. The molecule has 0 amide bonds. The van der Waals surface area contributed by atoms with Gasteiger partial charge in [-0.15, -0.1) is 0 Å². The Bertz CT molecular complexity index is 351. The van der Waals surface area contributed by atoms with E-state index in [2.05, 4.69) is 0 Å². The van der Waals surface area contributed by atoms with Crippen LogP contribution in [0.25, 0.3) is 0 Å². The summed E-state index contributed by atoms with van der Waals surface area (Å²) in [5, 5.41) is 8.68. The van der Waals surface area contributed by atoms with Gasteiger partial charge in [0.25, 0.3) is 0 Å². The van der Waals surface area contributed by atoms with Crippen LogP contribution < -0.4 is 4.74 Å². The average Bonchev–Trinajstić information content (AvgIpc) is 2.08. The molecule has 13 heavy (non-hydrogen) atoms. The second-order valence-corrected chi connectivity index (χ2v) is 3.41. The van der Waals surface area contributed by atoms with Gasteiger partial charge in [-0.25, -0.2) is 9.18 Å². The quantitative estimate of drug-likeness (QED) is 0.851. The number of hydrogen-bond acceptors (Lipinski definition) is 2. The van der Waals surface area contributed by atoms with E-state index < -0.39 is 17.3 Å². The Labute approximate surface area is 87.7 Å². The van der Waals surface area contributed by atoms with Crippen molar-refractivity contribution in [2.45, 2.75) is 0 Å². The van der Waals surface area contributed by atoms with Gasteiger partial charge in [0.05, 0.1) is 7.11 Å². The van der Waals surface area contributed by atoms with Gasteiger partial charge in [-0.1, -0.05) is 0 Å². The Balaban J connectivity index is 3.41. The first kappa shape index (κ1) is 10.2. The van der Waals surface area contributed by atoms with Crippen LogP contribution in [-0.2, 0) is 0 Å². The molecule has 1 aromatic rings. The topological polar surface area (TPSA) is 46.5 Å². The molecule has 0 aliphatic heterocycles. The Kier molecular flexibility index (Phi) is 3.07. The van der Waals surface area contributed by atoms with Crippen molar-refractivity contribution in [1.82, 2.24) is 0 Å². The van der Waals surface area contributed by atoms with E-state index in [4.69, 9.17) is 9.84 Å². The van der Waals surface area contributed by atoms with Crippen LogP contribution in [0.2, 0.25) is 0 Å². The number of aromatic carboxylic acids is 1. The number of methoxy groups -OCH3 is 1. The summed E-state index contributed by atoms with van der Waals surface area (Å²) in [7, 11) is 1.30. The number of carboxylic acid groups (broad SMARTS) is 1. The SMILES string of the molecule is COc1ccc(I)c(F)c1C(=O)O. The van der Waals surface area contributed by atoms with Gasteiger partial charge in [0.1, 0.15) is 11.3 Å². The van der Waals surface area contributed by atoms with Gasteiger partial charge in [-0.2, -0.15) is 0 Å². The molecule has 0 heterocycles. The van der Waals surface area contributed by atoms with E-state index in [-0.39, 0.29) is 9.32 Å². The van der Waals surface area contributed by atoms with Crippen molar-refractivity contribution >= 4 is 28.6 Å². The summed E-state index contributed by atoms with van der Waals surface area (Å²) in [4.78, 5) is 10.6. The molecule has 1 rings (SSSR count). The molecule has 1 N–H and O–H groups in total. The molecule has 0 saturated heterocycles. The molecule has 3 nitrogen and oxygen atoms in total. The van der Waals surface area contributed by atoms with E-state index in [1.807, 2.05) is 0 Å². The minimum atomic E-state index is -1.33. The molecule has 0 spiro atoms. The van der Waals surface area contributed by atoms with Crippen LogP contribution in [0.4, 0.5) is 4.39 Å². The molecule has 0 bridgehead atoms. The Morgan fingerprint density at radius 1 is 1.62 bits per heavy atom. The molecule has 5 heteroatoms. The van der Waals surface area contributed by atoms with Crippen LogP contribution in [0, 0.1) is 9.39 Å². The zero-order chi connectivity index (χ0) is 10.0. The maximum Gasteiger partial charge on any atom is 0.342 e. The Hall–Kier alpha value is -0.850. The Morgan fingerprint density at radius 3 is 2.69 bits per heavy atom. The molecule has 0 aromatic heterocycles. The highest BCUT2D eigenvalue weighted by atomic mass is 127. The van der Waals surface area contributed by atoms with Crippen molar-refractivity contribution in [3.8, 4) is 5.75 Å². The molecule has 0 saturated carbocycles. The molecule has 70 valence electrons. The zero-order valence-corrected chi connectivity index (χ0v) is 8.83. The number of carbonyl (C=O) groups is 1. The lowest BCUT2D eigenvalue weighted by atomic mass is 10.2. The van der Waals surface area contributed by atoms with Crippen LogP contribution in [0.5, 0.6) is 5.75 Å². The smallest absolute Gasteiger partial charge is 0.342 e. The second-order valence-electron chi connectivity index (χ2n) is 2.24. The fraction of sp³-hybridized carbons (Fsp3) is 0.125. The highest BCUT2D eigenvalue weighted by Crippen LogP contribution is 2.24. The van der Waals surface area contributed by atoms with Gasteiger partial charge in [-0.05, 0) is 34.7 Å². The van der Waals surface area contributed by atoms with Crippen molar-refractivity contribution in [2.24, 2.45) is 0 Å². The lowest BCUT2D eigenvalue weighted by Gasteiger charge is -2.06.